The molecule has 1 rings (SSSR count). The second-order valence-corrected chi connectivity index (χ2v) is 4.86. The summed E-state index contributed by atoms with van der Waals surface area (Å²) in [7, 11) is 0. The summed E-state index contributed by atoms with van der Waals surface area (Å²) < 4.78 is 38.0. The summed E-state index contributed by atoms with van der Waals surface area (Å²) in [6.07, 6.45) is -4.14. The third kappa shape index (κ3) is 2.71. The van der Waals surface area contributed by atoms with E-state index in [2.05, 4.69) is 4.98 Å². The Labute approximate surface area is 93.0 Å². The fourth-order valence-electron chi connectivity index (χ4n) is 1.71. The topological polar surface area (TPSA) is 41.8 Å². The first kappa shape index (κ1) is 12.9. The van der Waals surface area contributed by atoms with Crippen LogP contribution in [0, 0.1) is 5.41 Å². The first-order valence-corrected chi connectivity index (χ1v) is 5.14. The van der Waals surface area contributed by atoms with E-state index in [0.29, 0.717) is 5.82 Å². The molecule has 1 unspecified atom stereocenters. The molecule has 0 fully saturated rings. The molecule has 0 amide bonds. The summed E-state index contributed by atoms with van der Waals surface area (Å²) in [5, 5.41) is 0. The van der Waals surface area contributed by atoms with Gasteiger partial charge in [-0.3, -0.25) is 0 Å². The van der Waals surface area contributed by atoms with Gasteiger partial charge in [-0.2, -0.15) is 13.2 Å². The molecule has 0 aliphatic heterocycles. The number of rotatable bonds is 3. The van der Waals surface area contributed by atoms with E-state index in [0.717, 1.165) is 5.69 Å². The van der Waals surface area contributed by atoms with Crippen LogP contribution in [0.15, 0.2) is 12.1 Å². The summed E-state index contributed by atoms with van der Waals surface area (Å²) >= 11 is 0. The largest absolute Gasteiger partial charge is 0.393 e. The lowest BCUT2D eigenvalue weighted by atomic mass is 9.81. The molecule has 0 bridgehead atoms. The highest BCUT2D eigenvalue weighted by atomic mass is 19.4. The fraction of sp³-hybridized carbons (Fsp3) is 0.636. The van der Waals surface area contributed by atoms with Crippen LogP contribution in [0.4, 0.5) is 19.0 Å². The summed E-state index contributed by atoms with van der Waals surface area (Å²) in [6, 6.07) is 3.39. The smallest absolute Gasteiger partial charge is 0.385 e. The molecule has 5 heteroatoms. The number of aromatic nitrogens is 1. The van der Waals surface area contributed by atoms with Gasteiger partial charge in [-0.1, -0.05) is 20.8 Å². The van der Waals surface area contributed by atoms with Gasteiger partial charge in [0.05, 0.1) is 5.41 Å². The maximum atomic E-state index is 12.7. The Hall–Kier alpha value is -1.13. The zero-order valence-corrected chi connectivity index (χ0v) is 9.65. The second-order valence-electron chi connectivity index (χ2n) is 4.86. The molecule has 0 aliphatic rings. The number of hydrogen-bond donors (Lipinski definition) is 2. The van der Waals surface area contributed by atoms with Gasteiger partial charge in [0.25, 0.3) is 0 Å². The van der Waals surface area contributed by atoms with E-state index in [9.17, 15) is 13.2 Å². The first-order chi connectivity index (χ1) is 7.13. The highest BCUT2D eigenvalue weighted by molar-refractivity contribution is 5.32. The van der Waals surface area contributed by atoms with Gasteiger partial charge in [-0.05, 0) is 24.5 Å². The van der Waals surface area contributed by atoms with Crippen LogP contribution in [0.25, 0.3) is 0 Å². The van der Waals surface area contributed by atoms with Crippen LogP contribution in [0.2, 0.25) is 0 Å². The number of nitrogens with one attached hydrogen (secondary N) is 1. The van der Waals surface area contributed by atoms with E-state index < -0.39 is 11.6 Å². The average molecular weight is 234 g/mol. The average Bonchev–Trinajstić information content (AvgIpc) is 2.48. The number of alkyl halides is 3. The lowest BCUT2D eigenvalue weighted by Gasteiger charge is -2.30. The molecule has 1 aromatic heterocycles. The van der Waals surface area contributed by atoms with Gasteiger partial charge >= 0.3 is 6.18 Å². The van der Waals surface area contributed by atoms with Gasteiger partial charge in [0.1, 0.15) is 5.82 Å². The molecule has 16 heavy (non-hydrogen) atoms. The van der Waals surface area contributed by atoms with Crippen molar-refractivity contribution in [2.45, 2.75) is 39.3 Å². The van der Waals surface area contributed by atoms with Gasteiger partial charge in [0.15, 0.2) is 0 Å². The number of nitrogens with two attached hydrogens (primary N) is 1. The first-order valence-electron chi connectivity index (χ1n) is 5.14. The molecular weight excluding hydrogens is 217 g/mol. The summed E-state index contributed by atoms with van der Waals surface area (Å²) in [5.74, 6) is 0.278. The Bertz CT molecular complexity index is 352. The van der Waals surface area contributed by atoms with Gasteiger partial charge in [0, 0.05) is 5.69 Å². The predicted octanol–water partition coefficient (Wildman–Crippen LogP) is 3.68. The number of H-pyrrole nitrogens is 1. The Morgan fingerprint density at radius 2 is 1.88 bits per heavy atom. The van der Waals surface area contributed by atoms with Crippen LogP contribution in [-0.2, 0) is 0 Å². The highest BCUT2D eigenvalue weighted by Crippen LogP contribution is 2.44. The van der Waals surface area contributed by atoms with Gasteiger partial charge in [-0.25, -0.2) is 0 Å². The number of halogens is 3. The molecule has 2 nitrogen and oxygen atoms in total. The molecule has 0 saturated heterocycles. The van der Waals surface area contributed by atoms with Crippen molar-refractivity contribution in [3.63, 3.8) is 0 Å². The van der Waals surface area contributed by atoms with E-state index in [-0.39, 0.29) is 12.3 Å². The van der Waals surface area contributed by atoms with Crippen molar-refractivity contribution in [2.75, 3.05) is 5.73 Å². The zero-order valence-electron chi connectivity index (χ0n) is 9.65. The van der Waals surface area contributed by atoms with Crippen LogP contribution in [-0.4, -0.2) is 11.2 Å². The Morgan fingerprint density at radius 3 is 2.25 bits per heavy atom. The minimum Gasteiger partial charge on any atom is -0.385 e. The van der Waals surface area contributed by atoms with Crippen molar-refractivity contribution in [1.29, 1.82) is 0 Å². The summed E-state index contributed by atoms with van der Waals surface area (Å²) in [5.41, 5.74) is 4.55. The van der Waals surface area contributed by atoms with E-state index >= 15 is 0 Å². The van der Waals surface area contributed by atoms with Crippen LogP contribution >= 0.6 is 0 Å². The highest BCUT2D eigenvalue weighted by Gasteiger charge is 2.47. The zero-order chi connectivity index (χ0) is 12.6. The third-order valence-electron chi connectivity index (χ3n) is 2.85. The Kier molecular flexibility index (Phi) is 3.26. The van der Waals surface area contributed by atoms with Crippen molar-refractivity contribution >= 4 is 5.82 Å². The second kappa shape index (κ2) is 4.03. The van der Waals surface area contributed by atoms with Crippen molar-refractivity contribution < 1.29 is 13.2 Å². The van der Waals surface area contributed by atoms with Gasteiger partial charge in [-0.15, -0.1) is 0 Å². The lowest BCUT2D eigenvalue weighted by Crippen LogP contribution is -2.33. The molecule has 0 aliphatic carbocycles. The number of aromatic amines is 1. The molecule has 1 heterocycles. The number of anilines is 1. The maximum Gasteiger partial charge on any atom is 0.393 e. The normalized spacial score (nSPS) is 15.1. The van der Waals surface area contributed by atoms with E-state index in [1.807, 2.05) is 0 Å². The van der Waals surface area contributed by atoms with Crippen LogP contribution in [0.5, 0.6) is 0 Å². The molecule has 0 spiro atoms. The quantitative estimate of drug-likeness (QED) is 0.823. The van der Waals surface area contributed by atoms with Gasteiger partial charge < -0.3 is 10.7 Å². The van der Waals surface area contributed by atoms with Crippen molar-refractivity contribution in [3.8, 4) is 0 Å². The van der Waals surface area contributed by atoms with Crippen LogP contribution in [0.1, 0.15) is 38.8 Å². The molecule has 0 radical (unpaired) electrons. The predicted molar refractivity (Wildman–Crippen MR) is 58.1 cm³/mol. The minimum atomic E-state index is -4.18. The molecule has 0 saturated carbocycles. The number of nitrogen functional groups attached to an aromatic ring is 1. The molecule has 92 valence electrons. The Morgan fingerprint density at radius 1 is 1.31 bits per heavy atom. The lowest BCUT2D eigenvalue weighted by molar-refractivity contribution is -0.214. The van der Waals surface area contributed by atoms with E-state index in [1.54, 1.807) is 19.1 Å². The maximum absolute atomic E-state index is 12.7. The fourth-order valence-corrected chi connectivity index (χ4v) is 1.71. The Balaban J connectivity index is 2.75. The van der Waals surface area contributed by atoms with Gasteiger partial charge in [0.2, 0.25) is 0 Å². The third-order valence-corrected chi connectivity index (χ3v) is 2.85. The molecule has 0 aromatic carbocycles. The standard InChI is InChI=1S/C11H17F3N2/c1-7(8-4-5-9(15)16-8)6-10(2,3)11(12,13)14/h4-5,7,16H,6,15H2,1-3H3. The van der Waals surface area contributed by atoms with Crippen LogP contribution < -0.4 is 5.73 Å². The van der Waals surface area contributed by atoms with E-state index in [4.69, 9.17) is 5.73 Å². The molecule has 3 N–H and O–H groups in total. The molecule has 1 aromatic rings. The summed E-state index contributed by atoms with van der Waals surface area (Å²) in [6.45, 7) is 4.20. The summed E-state index contributed by atoms with van der Waals surface area (Å²) in [4.78, 5) is 2.86. The monoisotopic (exact) mass is 234 g/mol. The van der Waals surface area contributed by atoms with Crippen LogP contribution in [0.3, 0.4) is 0 Å². The minimum absolute atomic E-state index is 0.0381. The molecular formula is C11H17F3N2. The van der Waals surface area contributed by atoms with Crippen molar-refractivity contribution in [1.82, 2.24) is 4.98 Å². The number of hydrogen-bond acceptors (Lipinski definition) is 1. The SMILES string of the molecule is CC(CC(C)(C)C(F)(F)F)c1ccc(N)[nH]1. The van der Waals surface area contributed by atoms with E-state index in [1.165, 1.54) is 13.8 Å². The molecule has 1 atom stereocenters. The van der Waals surface area contributed by atoms with Crippen molar-refractivity contribution in [2.24, 2.45) is 5.41 Å². The van der Waals surface area contributed by atoms with Crippen molar-refractivity contribution in [3.05, 3.63) is 17.8 Å².